The molecule has 184 valence electrons. The normalized spacial score (nSPS) is 10.9. The number of halogens is 1. The van der Waals surface area contributed by atoms with E-state index in [1.807, 2.05) is 87.5 Å². The van der Waals surface area contributed by atoms with Gasteiger partial charge in [0, 0.05) is 23.7 Å². The highest BCUT2D eigenvalue weighted by atomic mass is 35.5. The summed E-state index contributed by atoms with van der Waals surface area (Å²) >= 11 is 6.46. The SMILES string of the molecule is Cc1ccc(C(=O)N(CC(=O)Nc2cc(-c3ccccc3)nn2-c2ccccc2Cl)CC(C)C)cc1. The third-order valence-electron chi connectivity index (χ3n) is 5.63. The first-order valence-electron chi connectivity index (χ1n) is 11.9. The Morgan fingerprint density at radius 1 is 0.972 bits per heavy atom. The minimum Gasteiger partial charge on any atom is -0.329 e. The Kier molecular flexibility index (Phi) is 7.86. The molecule has 1 heterocycles. The summed E-state index contributed by atoms with van der Waals surface area (Å²) in [5, 5.41) is 8.18. The zero-order valence-electron chi connectivity index (χ0n) is 20.6. The molecule has 1 N–H and O–H groups in total. The van der Waals surface area contributed by atoms with Gasteiger partial charge in [-0.15, -0.1) is 0 Å². The van der Waals surface area contributed by atoms with Gasteiger partial charge in [-0.05, 0) is 37.1 Å². The van der Waals surface area contributed by atoms with Crippen molar-refractivity contribution in [3.63, 3.8) is 0 Å². The van der Waals surface area contributed by atoms with Crippen LogP contribution in [0.3, 0.4) is 0 Å². The Morgan fingerprint density at radius 3 is 2.31 bits per heavy atom. The maximum atomic E-state index is 13.2. The quantitative estimate of drug-likeness (QED) is 0.311. The number of hydrogen-bond donors (Lipinski definition) is 1. The molecule has 0 unspecified atom stereocenters. The van der Waals surface area contributed by atoms with E-state index in [-0.39, 0.29) is 24.3 Å². The van der Waals surface area contributed by atoms with E-state index in [0.29, 0.717) is 34.3 Å². The number of rotatable bonds is 8. The lowest BCUT2D eigenvalue weighted by Gasteiger charge is -2.24. The van der Waals surface area contributed by atoms with Crippen LogP contribution in [-0.2, 0) is 4.79 Å². The lowest BCUT2D eigenvalue weighted by atomic mass is 10.1. The fourth-order valence-electron chi connectivity index (χ4n) is 3.92. The molecule has 2 amide bonds. The topological polar surface area (TPSA) is 67.2 Å². The molecule has 0 saturated heterocycles. The number of nitrogens with one attached hydrogen (secondary N) is 1. The van der Waals surface area contributed by atoms with Crippen molar-refractivity contribution >= 4 is 29.2 Å². The van der Waals surface area contributed by atoms with Crippen LogP contribution < -0.4 is 5.32 Å². The first kappa shape index (κ1) is 25.2. The molecule has 36 heavy (non-hydrogen) atoms. The van der Waals surface area contributed by atoms with E-state index in [4.69, 9.17) is 16.7 Å². The van der Waals surface area contributed by atoms with Gasteiger partial charge >= 0.3 is 0 Å². The van der Waals surface area contributed by atoms with Gasteiger partial charge in [0.1, 0.15) is 12.4 Å². The minimum absolute atomic E-state index is 0.0841. The second-order valence-corrected chi connectivity index (χ2v) is 9.54. The lowest BCUT2D eigenvalue weighted by Crippen LogP contribution is -2.40. The molecule has 0 spiro atoms. The van der Waals surface area contributed by atoms with Crippen LogP contribution in [0.25, 0.3) is 16.9 Å². The van der Waals surface area contributed by atoms with E-state index < -0.39 is 0 Å². The number of carbonyl (C=O) groups is 2. The summed E-state index contributed by atoms with van der Waals surface area (Å²) < 4.78 is 1.62. The van der Waals surface area contributed by atoms with E-state index in [1.165, 1.54) is 0 Å². The van der Waals surface area contributed by atoms with Crippen LogP contribution in [0.4, 0.5) is 5.82 Å². The van der Waals surface area contributed by atoms with Crippen LogP contribution in [0.15, 0.2) is 84.9 Å². The summed E-state index contributed by atoms with van der Waals surface area (Å²) in [5.41, 5.74) is 3.88. The largest absolute Gasteiger partial charge is 0.329 e. The summed E-state index contributed by atoms with van der Waals surface area (Å²) in [6.07, 6.45) is 0. The number of carbonyl (C=O) groups excluding carboxylic acids is 2. The smallest absolute Gasteiger partial charge is 0.254 e. The highest BCUT2D eigenvalue weighted by Crippen LogP contribution is 2.28. The Hall–Kier alpha value is -3.90. The Balaban J connectivity index is 1.62. The van der Waals surface area contributed by atoms with Crippen LogP contribution in [-0.4, -0.2) is 39.6 Å². The summed E-state index contributed by atoms with van der Waals surface area (Å²) in [7, 11) is 0. The maximum Gasteiger partial charge on any atom is 0.254 e. The van der Waals surface area contributed by atoms with Gasteiger partial charge in [-0.2, -0.15) is 5.10 Å². The van der Waals surface area contributed by atoms with Gasteiger partial charge in [0.15, 0.2) is 0 Å². The van der Waals surface area contributed by atoms with Gasteiger partial charge in [0.05, 0.1) is 16.4 Å². The van der Waals surface area contributed by atoms with E-state index in [2.05, 4.69) is 5.32 Å². The number of benzene rings is 3. The Morgan fingerprint density at radius 2 is 1.64 bits per heavy atom. The number of anilines is 1. The lowest BCUT2D eigenvalue weighted by molar-refractivity contribution is -0.117. The van der Waals surface area contributed by atoms with Crippen molar-refractivity contribution in [3.05, 3.63) is 101 Å². The standard InChI is InChI=1S/C29H29ClN4O2/c1-20(2)18-33(29(36)23-15-13-21(3)14-16-23)19-28(35)31-27-17-25(22-9-5-4-6-10-22)32-34(27)26-12-8-7-11-24(26)30/h4-17,20H,18-19H2,1-3H3,(H,31,35). The number of amides is 2. The molecule has 0 aliphatic heterocycles. The monoisotopic (exact) mass is 500 g/mol. The van der Waals surface area contributed by atoms with E-state index >= 15 is 0 Å². The van der Waals surface area contributed by atoms with Crippen LogP contribution in [0, 0.1) is 12.8 Å². The zero-order chi connectivity index (χ0) is 25.7. The maximum absolute atomic E-state index is 13.2. The second-order valence-electron chi connectivity index (χ2n) is 9.14. The molecule has 7 heteroatoms. The third kappa shape index (κ3) is 6.01. The van der Waals surface area contributed by atoms with Crippen molar-refractivity contribution in [2.24, 2.45) is 5.92 Å². The van der Waals surface area contributed by atoms with Crippen molar-refractivity contribution in [2.45, 2.75) is 20.8 Å². The fourth-order valence-corrected chi connectivity index (χ4v) is 4.14. The average Bonchev–Trinajstić information content (AvgIpc) is 3.27. The van der Waals surface area contributed by atoms with E-state index in [1.54, 1.807) is 27.8 Å². The minimum atomic E-state index is -0.316. The molecular weight excluding hydrogens is 472 g/mol. The van der Waals surface area contributed by atoms with Crippen molar-refractivity contribution in [3.8, 4) is 16.9 Å². The van der Waals surface area contributed by atoms with E-state index in [0.717, 1.165) is 11.1 Å². The molecule has 3 aromatic carbocycles. The van der Waals surface area contributed by atoms with Crippen LogP contribution in [0.5, 0.6) is 0 Å². The third-order valence-corrected chi connectivity index (χ3v) is 5.95. The second kappa shape index (κ2) is 11.2. The molecule has 1 aromatic heterocycles. The molecule has 0 bridgehead atoms. The molecular formula is C29H29ClN4O2. The molecule has 0 saturated carbocycles. The van der Waals surface area contributed by atoms with Gasteiger partial charge < -0.3 is 10.2 Å². The van der Waals surface area contributed by atoms with Gasteiger partial charge in [-0.25, -0.2) is 4.68 Å². The number of aryl methyl sites for hydroxylation is 1. The van der Waals surface area contributed by atoms with Crippen molar-refractivity contribution in [1.82, 2.24) is 14.7 Å². The molecule has 0 fully saturated rings. The zero-order valence-corrected chi connectivity index (χ0v) is 21.4. The Labute approximate surface area is 216 Å². The van der Waals surface area contributed by atoms with Crippen LogP contribution >= 0.6 is 11.6 Å². The summed E-state index contributed by atoms with van der Waals surface area (Å²) in [4.78, 5) is 28.0. The van der Waals surface area contributed by atoms with Gasteiger partial charge in [-0.1, -0.05) is 85.6 Å². The first-order chi connectivity index (χ1) is 17.3. The van der Waals surface area contributed by atoms with Gasteiger partial charge in [0.25, 0.3) is 5.91 Å². The van der Waals surface area contributed by atoms with Crippen LogP contribution in [0.1, 0.15) is 29.8 Å². The fraction of sp³-hybridized carbons (Fsp3) is 0.207. The number of hydrogen-bond acceptors (Lipinski definition) is 3. The average molecular weight is 501 g/mol. The molecule has 0 aliphatic carbocycles. The first-order valence-corrected chi connectivity index (χ1v) is 12.3. The number of aromatic nitrogens is 2. The predicted octanol–water partition coefficient (Wildman–Crippen LogP) is 6.24. The predicted molar refractivity (Wildman–Crippen MR) is 145 cm³/mol. The van der Waals surface area contributed by atoms with Gasteiger partial charge in [0.2, 0.25) is 5.91 Å². The highest BCUT2D eigenvalue weighted by molar-refractivity contribution is 6.32. The summed E-state index contributed by atoms with van der Waals surface area (Å²) in [6, 6.07) is 26.2. The Bertz CT molecular complexity index is 1350. The van der Waals surface area contributed by atoms with Gasteiger partial charge in [-0.3, -0.25) is 9.59 Å². The molecule has 0 atom stereocenters. The molecule has 4 rings (SSSR count). The van der Waals surface area contributed by atoms with Crippen molar-refractivity contribution in [2.75, 3.05) is 18.4 Å². The number of para-hydroxylation sites is 1. The van der Waals surface area contributed by atoms with Crippen molar-refractivity contribution < 1.29 is 9.59 Å². The molecule has 6 nitrogen and oxygen atoms in total. The number of nitrogens with zero attached hydrogens (tertiary/aromatic N) is 3. The highest BCUT2D eigenvalue weighted by Gasteiger charge is 2.22. The summed E-state index contributed by atoms with van der Waals surface area (Å²) in [5.74, 6) is 0.178. The molecule has 4 aromatic rings. The van der Waals surface area contributed by atoms with Crippen molar-refractivity contribution in [1.29, 1.82) is 0 Å². The van der Waals surface area contributed by atoms with E-state index in [9.17, 15) is 9.59 Å². The molecule has 0 aliphatic rings. The van der Waals surface area contributed by atoms with Crippen LogP contribution in [0.2, 0.25) is 5.02 Å². The molecule has 0 radical (unpaired) electrons. The summed E-state index contributed by atoms with van der Waals surface area (Å²) in [6.45, 7) is 6.38.